The zero-order chi connectivity index (χ0) is 7.11. The second-order valence-electron chi connectivity index (χ2n) is 2.07. The Morgan fingerprint density at radius 2 is 2.56 bits per heavy atom. The molecule has 0 saturated carbocycles. The third-order valence-electron chi connectivity index (χ3n) is 1.11. The molecule has 2 atom stereocenters. The Balaban J connectivity index is 3.25. The molecule has 0 bridgehead atoms. The van der Waals surface area contributed by atoms with Crippen LogP contribution in [-0.4, -0.2) is 13.4 Å². The van der Waals surface area contributed by atoms with Crippen LogP contribution in [0.2, 0.25) is 6.32 Å². The van der Waals surface area contributed by atoms with E-state index in [1.165, 1.54) is 0 Å². The fourth-order valence-corrected chi connectivity index (χ4v) is 0.623. The van der Waals surface area contributed by atoms with Gasteiger partial charge in [0.25, 0.3) is 0 Å². The van der Waals surface area contributed by atoms with Gasteiger partial charge in [0, 0.05) is 0 Å². The Morgan fingerprint density at radius 3 is 3.00 bits per heavy atom. The first-order chi connectivity index (χ1) is 4.31. The van der Waals surface area contributed by atoms with Crippen LogP contribution in [-0.2, 0) is 4.79 Å². The molecular formula is C5H11BNOP. The van der Waals surface area contributed by atoms with Gasteiger partial charge in [-0.05, 0) is 0 Å². The molecule has 0 aliphatic heterocycles. The zero-order valence-electron chi connectivity index (χ0n) is 5.58. The molecule has 0 saturated heterocycles. The molecule has 50 valence electrons. The first kappa shape index (κ1) is 8.96. The maximum atomic E-state index is 9.93. The monoisotopic (exact) mass is 143 g/mol. The Labute approximate surface area is 58.6 Å². The van der Waals surface area contributed by atoms with E-state index in [4.69, 9.17) is 0 Å². The molecule has 0 N–H and O–H groups in total. The van der Waals surface area contributed by atoms with Gasteiger partial charge >= 0.3 is 57.8 Å². The van der Waals surface area contributed by atoms with Crippen molar-refractivity contribution in [2.24, 2.45) is 10.6 Å². The summed E-state index contributed by atoms with van der Waals surface area (Å²) in [6, 6.07) is 0. The van der Waals surface area contributed by atoms with Gasteiger partial charge < -0.3 is 0 Å². The fourth-order valence-electron chi connectivity index (χ4n) is 0.501. The molecule has 2 unspecified atom stereocenters. The summed E-state index contributed by atoms with van der Waals surface area (Å²) in [6.07, 6.45) is 2.47. The molecule has 0 fully saturated rings. The van der Waals surface area contributed by atoms with Crippen LogP contribution in [0, 0.1) is 5.92 Å². The van der Waals surface area contributed by atoms with E-state index in [1.54, 1.807) is 7.07 Å². The van der Waals surface area contributed by atoms with Crippen molar-refractivity contribution in [2.45, 2.75) is 19.7 Å². The molecule has 0 aliphatic carbocycles. The first-order valence-corrected chi connectivity index (χ1v) is 3.48. The third-order valence-corrected chi connectivity index (χ3v) is 1.32. The normalized spacial score (nSPS) is 13.1. The van der Waals surface area contributed by atoms with Crippen molar-refractivity contribution in [3.8, 4) is 0 Å². The number of aldehydes is 1. The number of hydrogen-bond acceptors (Lipinski definition) is 2. The number of hydrogen-bond donors (Lipinski definition) is 0. The molecule has 0 spiro atoms. The molecule has 0 aliphatic rings. The van der Waals surface area contributed by atoms with Crippen molar-refractivity contribution >= 4 is 22.7 Å². The summed E-state index contributed by atoms with van der Waals surface area (Å²) in [4.78, 5) is 9.93. The van der Waals surface area contributed by atoms with Crippen molar-refractivity contribution in [3.05, 3.63) is 0 Å². The molecule has 0 rings (SSSR count). The molecule has 2 nitrogen and oxygen atoms in total. The average molecular weight is 143 g/mol. The van der Waals surface area contributed by atoms with Gasteiger partial charge in [0.15, 0.2) is 0 Å². The second kappa shape index (κ2) is 6.09. The molecular weight excluding hydrogens is 132 g/mol. The van der Waals surface area contributed by atoms with Gasteiger partial charge in [0.1, 0.15) is 0 Å². The summed E-state index contributed by atoms with van der Waals surface area (Å²) in [6.45, 7) is 2.03. The van der Waals surface area contributed by atoms with Gasteiger partial charge in [0.05, 0.1) is 0 Å². The topological polar surface area (TPSA) is 29.4 Å². The first-order valence-electron chi connectivity index (χ1n) is 2.96. The van der Waals surface area contributed by atoms with Gasteiger partial charge in [0.2, 0.25) is 0 Å². The summed E-state index contributed by atoms with van der Waals surface area (Å²) in [5.41, 5.74) is 0. The quantitative estimate of drug-likeness (QED) is 0.331. The number of nitrogens with zero attached hydrogens (tertiary/aromatic N) is 1. The minimum absolute atomic E-state index is 0.437. The zero-order valence-corrected chi connectivity index (χ0v) is 6.73. The minimum atomic E-state index is 0.437. The van der Waals surface area contributed by atoms with Crippen LogP contribution in [0.3, 0.4) is 0 Å². The summed E-state index contributed by atoms with van der Waals surface area (Å²) < 4.78 is 3.73. The summed E-state index contributed by atoms with van der Waals surface area (Å²) in [5.74, 6) is 0.437. The summed E-state index contributed by atoms with van der Waals surface area (Å²) in [7, 11) is 4.07. The second-order valence-corrected chi connectivity index (χ2v) is 2.37. The molecule has 0 heterocycles. The molecule has 0 amide bonds. The van der Waals surface area contributed by atoms with E-state index in [-0.39, 0.29) is 0 Å². The van der Waals surface area contributed by atoms with Gasteiger partial charge in [-0.15, -0.1) is 0 Å². The Hall–Kier alpha value is -0.0351. The molecule has 0 radical (unpaired) electrons. The van der Waals surface area contributed by atoms with Gasteiger partial charge in [-0.1, -0.05) is 0 Å². The van der Waals surface area contributed by atoms with E-state index in [1.807, 2.05) is 6.92 Å². The predicted octanol–water partition coefficient (Wildman–Crippen LogP) is 1.31. The van der Waals surface area contributed by atoms with Gasteiger partial charge in [-0.3, -0.25) is 0 Å². The maximum absolute atomic E-state index is 9.93. The average Bonchev–Trinajstić information content (AvgIpc) is 1.85. The van der Waals surface area contributed by atoms with Crippen LogP contribution in [0.15, 0.2) is 4.67 Å². The number of carbonyl (C=O) groups excluding carboxylic acids is 1. The fraction of sp³-hybridized carbons (Fsp3) is 0.800. The number of carbonyl (C=O) groups is 1. The van der Waals surface area contributed by atoms with E-state index >= 15 is 0 Å². The van der Waals surface area contributed by atoms with Gasteiger partial charge in [-0.2, -0.15) is 0 Å². The summed E-state index contributed by atoms with van der Waals surface area (Å²) in [5, 5.41) is 0. The molecule has 0 aromatic carbocycles. The Kier molecular flexibility index (Phi) is 6.07. The van der Waals surface area contributed by atoms with Crippen molar-refractivity contribution in [1.29, 1.82) is 0 Å². The van der Waals surface area contributed by atoms with Crippen molar-refractivity contribution in [1.82, 2.24) is 0 Å². The van der Waals surface area contributed by atoms with Crippen LogP contribution in [0.1, 0.15) is 13.3 Å². The molecule has 0 aromatic heterocycles. The third kappa shape index (κ3) is 5.84. The van der Waals surface area contributed by atoms with Crippen LogP contribution < -0.4 is 0 Å². The Morgan fingerprint density at radius 1 is 1.89 bits per heavy atom. The summed E-state index contributed by atoms with van der Waals surface area (Å²) >= 11 is 0. The predicted molar refractivity (Wildman–Crippen MR) is 42.5 cm³/mol. The van der Waals surface area contributed by atoms with E-state index in [0.717, 1.165) is 12.6 Å². The van der Waals surface area contributed by atoms with Crippen LogP contribution >= 0.6 is 9.39 Å². The van der Waals surface area contributed by atoms with Crippen molar-refractivity contribution in [2.75, 3.05) is 0 Å². The van der Waals surface area contributed by atoms with Crippen LogP contribution in [0.5, 0.6) is 0 Å². The Bertz CT molecular complexity index is 107. The van der Waals surface area contributed by atoms with E-state index < -0.39 is 0 Å². The van der Waals surface area contributed by atoms with E-state index in [9.17, 15) is 4.79 Å². The molecule has 4 heteroatoms. The van der Waals surface area contributed by atoms with Crippen molar-refractivity contribution in [3.63, 3.8) is 0 Å². The standard InChI is InChI=1S/C5H11BNOP/c1-5(2-3-8)4-6-7-9/h3,5H,2,4,9H2,1H3. The number of rotatable bonds is 4. The van der Waals surface area contributed by atoms with E-state index in [0.29, 0.717) is 12.3 Å². The van der Waals surface area contributed by atoms with Crippen LogP contribution in [0.25, 0.3) is 0 Å². The SMILES string of the molecule is CC(CB=NP)CC=O. The molecule has 9 heavy (non-hydrogen) atoms. The van der Waals surface area contributed by atoms with E-state index in [2.05, 4.69) is 14.1 Å². The van der Waals surface area contributed by atoms with Gasteiger partial charge in [-0.25, -0.2) is 0 Å². The molecule has 0 aromatic rings. The van der Waals surface area contributed by atoms with Crippen LogP contribution in [0.4, 0.5) is 0 Å². The van der Waals surface area contributed by atoms with Crippen molar-refractivity contribution < 1.29 is 4.79 Å².